The maximum absolute atomic E-state index is 13.4. The average molecular weight is 547 g/mol. The summed E-state index contributed by atoms with van der Waals surface area (Å²) in [5.74, 6) is 0.682. The van der Waals surface area contributed by atoms with Crippen LogP contribution in [0.15, 0.2) is 78.2 Å². The molecule has 41 heavy (non-hydrogen) atoms. The number of rotatable bonds is 9. The number of benzene rings is 3. The topological polar surface area (TPSA) is 58.2 Å². The molecular weight excluding hydrogens is 508 g/mol. The van der Waals surface area contributed by atoms with E-state index in [1.807, 2.05) is 36.1 Å². The highest BCUT2D eigenvalue weighted by Gasteiger charge is 2.29. The number of hydrogen-bond donors (Lipinski definition) is 0. The lowest BCUT2D eigenvalue weighted by Gasteiger charge is -2.29. The average Bonchev–Trinajstić information content (AvgIpc) is 3.41. The van der Waals surface area contributed by atoms with E-state index in [4.69, 9.17) is 6.57 Å². The summed E-state index contributed by atoms with van der Waals surface area (Å²) in [4.78, 5) is 25.6. The lowest BCUT2D eigenvalue weighted by atomic mass is 10.0. The van der Waals surface area contributed by atoms with Gasteiger partial charge in [0.2, 0.25) is 0 Å². The first kappa shape index (κ1) is 28.2. The molecule has 0 saturated carbocycles. The van der Waals surface area contributed by atoms with Gasteiger partial charge in [-0.25, -0.2) is 10.1 Å². The molecule has 5 rings (SSSR count). The molecule has 2 aliphatic rings. The van der Waals surface area contributed by atoms with E-state index in [2.05, 4.69) is 68.1 Å². The first-order valence-electron chi connectivity index (χ1n) is 14.7. The van der Waals surface area contributed by atoms with Crippen LogP contribution in [0.25, 0.3) is 15.6 Å². The minimum absolute atomic E-state index is 0.0139. The van der Waals surface area contributed by atoms with E-state index < -0.39 is 0 Å². The summed E-state index contributed by atoms with van der Waals surface area (Å²) < 4.78 is 0. The Morgan fingerprint density at radius 3 is 2.39 bits per heavy atom. The molecule has 0 aromatic heterocycles. The first-order chi connectivity index (χ1) is 20.1. The summed E-state index contributed by atoms with van der Waals surface area (Å²) in [7, 11) is 0. The third-order valence-corrected chi connectivity index (χ3v) is 8.27. The maximum atomic E-state index is 13.4. The van der Waals surface area contributed by atoms with Crippen molar-refractivity contribution in [3.8, 4) is 6.07 Å². The van der Waals surface area contributed by atoms with Crippen molar-refractivity contribution in [2.75, 3.05) is 45.8 Å². The summed E-state index contributed by atoms with van der Waals surface area (Å²) in [6, 6.07) is 24.7. The smallest absolute Gasteiger partial charge is 0.300 e. The van der Waals surface area contributed by atoms with Crippen molar-refractivity contribution in [2.45, 2.75) is 39.3 Å². The third-order valence-electron chi connectivity index (χ3n) is 8.27. The summed E-state index contributed by atoms with van der Waals surface area (Å²) >= 11 is 0. The van der Waals surface area contributed by atoms with Crippen LogP contribution in [0.5, 0.6) is 0 Å². The van der Waals surface area contributed by atoms with E-state index in [0.29, 0.717) is 44.1 Å². The van der Waals surface area contributed by atoms with Gasteiger partial charge < -0.3 is 14.7 Å². The molecule has 0 aliphatic carbocycles. The number of likely N-dealkylation sites (tertiary alicyclic amines) is 1. The number of allylic oxidation sites excluding steroid dienone is 1. The second-order valence-corrected chi connectivity index (χ2v) is 10.9. The number of piperidine rings is 1. The van der Waals surface area contributed by atoms with E-state index in [0.717, 1.165) is 26.2 Å². The van der Waals surface area contributed by atoms with Crippen LogP contribution in [-0.2, 0) is 13.1 Å². The normalized spacial score (nSPS) is 16.9. The molecule has 1 amide bonds. The van der Waals surface area contributed by atoms with Gasteiger partial charge in [-0.1, -0.05) is 61.0 Å². The Hall–Kier alpha value is -4.33. The number of nitriles is 1. The Balaban J connectivity index is 1.26. The zero-order valence-electron chi connectivity index (χ0n) is 23.9. The van der Waals surface area contributed by atoms with Gasteiger partial charge in [-0.05, 0) is 66.9 Å². The molecule has 3 aromatic carbocycles. The van der Waals surface area contributed by atoms with Crippen molar-refractivity contribution in [1.82, 2.24) is 19.6 Å². The summed E-state index contributed by atoms with van der Waals surface area (Å²) in [6.07, 6.45) is 3.86. The van der Waals surface area contributed by atoms with Gasteiger partial charge in [0.25, 0.3) is 5.91 Å². The van der Waals surface area contributed by atoms with Crippen molar-refractivity contribution in [3.05, 3.63) is 106 Å². The highest BCUT2D eigenvalue weighted by atomic mass is 16.2. The number of carbonyl (C=O) groups excluding carboxylic acids is 1. The Labute approximate surface area is 243 Å². The SMILES string of the molecule is [C-]#[N+]/C(C#N)=C1/N(CCN(CC)C(=O)c2ccc(CN3CCCCC3)cc2)CCN1Cc1cccc2ccccc12. The van der Waals surface area contributed by atoms with Gasteiger partial charge in [0.05, 0.1) is 12.6 Å². The number of amides is 1. The highest BCUT2D eigenvalue weighted by molar-refractivity contribution is 5.94. The van der Waals surface area contributed by atoms with Crippen molar-refractivity contribution in [1.29, 1.82) is 5.26 Å². The van der Waals surface area contributed by atoms with Crippen LogP contribution in [0.2, 0.25) is 0 Å². The fourth-order valence-electron chi connectivity index (χ4n) is 6.04. The van der Waals surface area contributed by atoms with Crippen LogP contribution in [0.4, 0.5) is 0 Å². The van der Waals surface area contributed by atoms with Gasteiger partial charge >= 0.3 is 5.70 Å². The zero-order chi connectivity index (χ0) is 28.6. The minimum Gasteiger partial charge on any atom is -0.363 e. The van der Waals surface area contributed by atoms with Gasteiger partial charge in [-0.15, -0.1) is 0 Å². The molecule has 2 aliphatic heterocycles. The molecule has 2 saturated heterocycles. The Bertz CT molecular complexity index is 1450. The molecule has 210 valence electrons. The second-order valence-electron chi connectivity index (χ2n) is 10.9. The van der Waals surface area contributed by atoms with Gasteiger partial charge in [0.15, 0.2) is 0 Å². The number of hydrogen-bond acceptors (Lipinski definition) is 5. The van der Waals surface area contributed by atoms with Crippen LogP contribution in [-0.4, -0.2) is 71.3 Å². The van der Waals surface area contributed by atoms with Gasteiger partial charge in [0.1, 0.15) is 5.82 Å². The maximum Gasteiger partial charge on any atom is 0.300 e. The van der Waals surface area contributed by atoms with Crippen molar-refractivity contribution < 1.29 is 4.79 Å². The third kappa shape index (κ3) is 6.53. The van der Waals surface area contributed by atoms with E-state index in [1.54, 1.807) is 0 Å². The van der Waals surface area contributed by atoms with Crippen molar-refractivity contribution in [3.63, 3.8) is 0 Å². The van der Waals surface area contributed by atoms with Crippen LogP contribution in [0.1, 0.15) is 47.7 Å². The lowest BCUT2D eigenvalue weighted by molar-refractivity contribution is 0.0752. The van der Waals surface area contributed by atoms with E-state index in [9.17, 15) is 10.1 Å². The molecule has 2 fully saturated rings. The molecule has 0 spiro atoms. The van der Waals surface area contributed by atoms with E-state index in [-0.39, 0.29) is 11.6 Å². The molecule has 0 atom stereocenters. The molecule has 3 aromatic rings. The molecule has 7 nitrogen and oxygen atoms in total. The van der Waals surface area contributed by atoms with Gasteiger partial charge in [-0.3, -0.25) is 9.69 Å². The molecule has 0 N–H and O–H groups in total. The Morgan fingerprint density at radius 1 is 0.927 bits per heavy atom. The highest BCUT2D eigenvalue weighted by Crippen LogP contribution is 2.28. The number of likely N-dealkylation sites (N-methyl/N-ethyl adjacent to an activating group) is 1. The molecule has 0 radical (unpaired) electrons. The van der Waals surface area contributed by atoms with Crippen LogP contribution < -0.4 is 0 Å². The summed E-state index contributed by atoms with van der Waals surface area (Å²) in [6.45, 7) is 16.6. The molecular formula is C34H38N6O. The summed E-state index contributed by atoms with van der Waals surface area (Å²) in [5.41, 5.74) is 3.20. The van der Waals surface area contributed by atoms with Crippen LogP contribution in [0.3, 0.4) is 0 Å². The van der Waals surface area contributed by atoms with Crippen molar-refractivity contribution >= 4 is 16.7 Å². The minimum atomic E-state index is 0.0139. The zero-order valence-corrected chi connectivity index (χ0v) is 23.9. The summed E-state index contributed by atoms with van der Waals surface area (Å²) in [5, 5.41) is 12.2. The molecule has 0 unspecified atom stereocenters. The number of nitrogens with zero attached hydrogens (tertiary/aromatic N) is 6. The molecule has 7 heteroatoms. The van der Waals surface area contributed by atoms with Gasteiger partial charge in [0, 0.05) is 51.4 Å². The number of fused-ring (bicyclic) bond motifs is 1. The molecule has 0 bridgehead atoms. The van der Waals surface area contributed by atoms with Crippen molar-refractivity contribution in [2.24, 2.45) is 0 Å². The predicted molar refractivity (Wildman–Crippen MR) is 162 cm³/mol. The van der Waals surface area contributed by atoms with Gasteiger partial charge in [-0.2, -0.15) is 0 Å². The van der Waals surface area contributed by atoms with Crippen LogP contribution in [0, 0.1) is 17.9 Å². The second kappa shape index (κ2) is 13.4. The van der Waals surface area contributed by atoms with E-state index in [1.165, 1.54) is 41.2 Å². The van der Waals surface area contributed by atoms with E-state index >= 15 is 0 Å². The largest absolute Gasteiger partial charge is 0.363 e. The fraction of sp³-hybridized carbons (Fsp3) is 0.382. The van der Waals surface area contributed by atoms with Crippen LogP contribution >= 0.6 is 0 Å². The predicted octanol–water partition coefficient (Wildman–Crippen LogP) is 5.72. The Morgan fingerprint density at radius 2 is 1.66 bits per heavy atom. The Kier molecular flexibility index (Phi) is 9.19. The standard InChI is InChI=1S/C34H38N6O/c1-3-38(34(41)29-16-14-27(15-17-29)25-37-18-7-4-8-19-37)20-21-39-22-23-40(33(39)32(24-35)36-2)26-30-12-9-11-28-10-5-6-13-31(28)30/h5-6,9-17H,3-4,7-8,18-23,25-26H2,1H3/b33-32-. The monoisotopic (exact) mass is 546 g/mol. The molecule has 2 heterocycles. The number of carbonyl (C=O) groups is 1. The fourth-order valence-corrected chi connectivity index (χ4v) is 6.04. The quantitative estimate of drug-likeness (QED) is 0.254. The lowest BCUT2D eigenvalue weighted by Crippen LogP contribution is -2.38. The first-order valence-corrected chi connectivity index (χ1v) is 14.7.